The minimum absolute atomic E-state index is 0.0241. The Morgan fingerprint density at radius 3 is 2.00 bits per heavy atom. The molecule has 4 aromatic rings. The summed E-state index contributed by atoms with van der Waals surface area (Å²) < 4.78 is 11.4. The number of methoxy groups -OCH3 is 1. The van der Waals surface area contributed by atoms with Crippen LogP contribution in [0.25, 0.3) is 0 Å². The van der Waals surface area contributed by atoms with Gasteiger partial charge in [-0.15, -0.1) is 0 Å². The third-order valence-electron chi connectivity index (χ3n) is 6.93. The van der Waals surface area contributed by atoms with E-state index in [9.17, 15) is 4.79 Å². The van der Waals surface area contributed by atoms with Gasteiger partial charge in [-0.2, -0.15) is 0 Å². The molecular weight excluding hydrogens is 496 g/mol. The Morgan fingerprint density at radius 2 is 1.42 bits per heavy atom. The maximum atomic E-state index is 13.5. The van der Waals surface area contributed by atoms with Crippen LogP contribution in [0.1, 0.15) is 33.1 Å². The molecule has 6 heteroatoms. The van der Waals surface area contributed by atoms with Gasteiger partial charge in [0.2, 0.25) is 0 Å². The zero-order chi connectivity index (χ0) is 26.3. The van der Waals surface area contributed by atoms with Crippen molar-refractivity contribution in [3.05, 3.63) is 130 Å². The fraction of sp³-hybridized carbons (Fsp3) is 0.219. The summed E-state index contributed by atoms with van der Waals surface area (Å²) in [7, 11) is 1.62. The Labute approximate surface area is 229 Å². The van der Waals surface area contributed by atoms with Gasteiger partial charge in [-0.1, -0.05) is 72.3 Å². The summed E-state index contributed by atoms with van der Waals surface area (Å²) >= 11 is 5.97. The van der Waals surface area contributed by atoms with Crippen molar-refractivity contribution >= 4 is 17.5 Å². The molecule has 5 nitrogen and oxygen atoms in total. The van der Waals surface area contributed by atoms with E-state index in [0.29, 0.717) is 35.2 Å². The number of hydrogen-bond donors (Lipinski definition) is 0. The molecule has 1 saturated heterocycles. The fourth-order valence-corrected chi connectivity index (χ4v) is 5.09. The van der Waals surface area contributed by atoms with Crippen LogP contribution in [0, 0.1) is 0 Å². The predicted octanol–water partition coefficient (Wildman–Crippen LogP) is 6.48. The van der Waals surface area contributed by atoms with Crippen molar-refractivity contribution in [3.63, 3.8) is 0 Å². The van der Waals surface area contributed by atoms with Crippen LogP contribution < -0.4 is 9.47 Å². The molecule has 0 saturated carbocycles. The number of hydrogen-bond acceptors (Lipinski definition) is 4. The standard InChI is InChI=1S/C32H31ClN2O3/c1-37-30-17-12-26(22-27(30)23-38-29-15-13-28(33)14-16-29)32(36)35-20-18-34(19-21-35)31(24-8-4-2-5-9-24)25-10-6-3-7-11-25/h2-17,22,31H,18-21,23H2,1H3. The van der Waals surface area contributed by atoms with Crippen LogP contribution in [0.2, 0.25) is 5.02 Å². The minimum Gasteiger partial charge on any atom is -0.496 e. The van der Waals surface area contributed by atoms with E-state index in [0.717, 1.165) is 18.7 Å². The average molecular weight is 527 g/mol. The number of carbonyl (C=O) groups is 1. The van der Waals surface area contributed by atoms with Crippen molar-refractivity contribution in [1.82, 2.24) is 9.80 Å². The van der Waals surface area contributed by atoms with Gasteiger partial charge in [-0.05, 0) is 53.6 Å². The zero-order valence-corrected chi connectivity index (χ0v) is 22.2. The van der Waals surface area contributed by atoms with E-state index in [1.807, 2.05) is 47.4 Å². The largest absolute Gasteiger partial charge is 0.496 e. The van der Waals surface area contributed by atoms with E-state index in [4.69, 9.17) is 21.1 Å². The SMILES string of the molecule is COc1ccc(C(=O)N2CCN(C(c3ccccc3)c3ccccc3)CC2)cc1COc1ccc(Cl)cc1. The highest BCUT2D eigenvalue weighted by Gasteiger charge is 2.28. The molecule has 0 N–H and O–H groups in total. The van der Waals surface area contributed by atoms with Crippen molar-refractivity contribution in [2.75, 3.05) is 33.3 Å². The second-order valence-corrected chi connectivity index (χ2v) is 9.76. The highest BCUT2D eigenvalue weighted by molar-refractivity contribution is 6.30. The summed E-state index contributed by atoms with van der Waals surface area (Å²) in [5.74, 6) is 1.42. The maximum absolute atomic E-state index is 13.5. The lowest BCUT2D eigenvalue weighted by atomic mass is 9.96. The van der Waals surface area contributed by atoms with E-state index in [-0.39, 0.29) is 18.6 Å². The first-order valence-electron chi connectivity index (χ1n) is 12.8. The van der Waals surface area contributed by atoms with Gasteiger partial charge in [-0.25, -0.2) is 0 Å². The smallest absolute Gasteiger partial charge is 0.253 e. The van der Waals surface area contributed by atoms with E-state index in [1.54, 1.807) is 19.2 Å². The quantitative estimate of drug-likeness (QED) is 0.264. The van der Waals surface area contributed by atoms with Crippen LogP contribution in [0.3, 0.4) is 0 Å². The molecule has 0 spiro atoms. The monoisotopic (exact) mass is 526 g/mol. The molecule has 1 heterocycles. The second kappa shape index (κ2) is 12.2. The lowest BCUT2D eigenvalue weighted by molar-refractivity contribution is 0.0597. The number of carbonyl (C=O) groups excluding carboxylic acids is 1. The molecule has 1 aliphatic rings. The molecule has 1 aliphatic heterocycles. The van der Waals surface area contributed by atoms with Gasteiger partial charge >= 0.3 is 0 Å². The summed E-state index contributed by atoms with van der Waals surface area (Å²) in [6, 6.07) is 34.1. The fourth-order valence-electron chi connectivity index (χ4n) is 4.97. The number of amides is 1. The highest BCUT2D eigenvalue weighted by atomic mass is 35.5. The number of piperazine rings is 1. The Kier molecular flexibility index (Phi) is 8.27. The lowest BCUT2D eigenvalue weighted by Crippen LogP contribution is -2.49. The van der Waals surface area contributed by atoms with Gasteiger partial charge in [0.05, 0.1) is 13.2 Å². The third-order valence-corrected chi connectivity index (χ3v) is 7.18. The Morgan fingerprint density at radius 1 is 0.816 bits per heavy atom. The molecule has 194 valence electrons. The summed E-state index contributed by atoms with van der Waals surface area (Å²) in [5, 5.41) is 0.654. The number of rotatable bonds is 8. The topological polar surface area (TPSA) is 42.0 Å². The van der Waals surface area contributed by atoms with Gasteiger partial charge < -0.3 is 14.4 Å². The Bertz CT molecular complexity index is 1300. The van der Waals surface area contributed by atoms with Gasteiger partial charge in [0.15, 0.2) is 0 Å². The molecule has 4 aromatic carbocycles. The van der Waals surface area contributed by atoms with Crippen LogP contribution in [0.5, 0.6) is 11.5 Å². The Balaban J connectivity index is 1.28. The average Bonchev–Trinajstić information content (AvgIpc) is 2.98. The molecule has 0 aliphatic carbocycles. The molecule has 5 rings (SSSR count). The summed E-state index contributed by atoms with van der Waals surface area (Å²) in [6.45, 7) is 3.20. The van der Waals surface area contributed by atoms with Crippen molar-refractivity contribution in [2.45, 2.75) is 12.6 Å². The zero-order valence-electron chi connectivity index (χ0n) is 21.4. The maximum Gasteiger partial charge on any atom is 0.253 e. The highest BCUT2D eigenvalue weighted by Crippen LogP contribution is 2.30. The normalized spacial score (nSPS) is 13.9. The van der Waals surface area contributed by atoms with Gasteiger partial charge in [-0.3, -0.25) is 9.69 Å². The molecule has 1 fully saturated rings. The lowest BCUT2D eigenvalue weighted by Gasteiger charge is -2.40. The number of benzene rings is 4. The summed E-state index contributed by atoms with van der Waals surface area (Å²) in [6.07, 6.45) is 0. The van der Waals surface area contributed by atoms with Crippen molar-refractivity contribution in [1.29, 1.82) is 0 Å². The molecule has 0 bridgehead atoms. The molecule has 0 radical (unpaired) electrons. The first kappa shape index (κ1) is 25.8. The van der Waals surface area contributed by atoms with E-state index in [1.165, 1.54) is 11.1 Å². The van der Waals surface area contributed by atoms with E-state index < -0.39 is 0 Å². The van der Waals surface area contributed by atoms with Crippen LogP contribution in [0.4, 0.5) is 0 Å². The van der Waals surface area contributed by atoms with Gasteiger partial charge in [0, 0.05) is 42.3 Å². The van der Waals surface area contributed by atoms with Crippen molar-refractivity contribution in [2.24, 2.45) is 0 Å². The summed E-state index contributed by atoms with van der Waals surface area (Å²) in [5.41, 5.74) is 3.98. The molecule has 0 unspecified atom stereocenters. The van der Waals surface area contributed by atoms with E-state index >= 15 is 0 Å². The molecule has 1 amide bonds. The first-order chi connectivity index (χ1) is 18.6. The van der Waals surface area contributed by atoms with E-state index in [2.05, 4.69) is 53.4 Å². The minimum atomic E-state index is 0.0241. The second-order valence-electron chi connectivity index (χ2n) is 9.32. The number of ether oxygens (including phenoxy) is 2. The molecule has 0 atom stereocenters. The van der Waals surface area contributed by atoms with Crippen LogP contribution in [-0.2, 0) is 6.61 Å². The van der Waals surface area contributed by atoms with Crippen LogP contribution in [-0.4, -0.2) is 49.0 Å². The van der Waals surface area contributed by atoms with Gasteiger partial charge in [0.1, 0.15) is 18.1 Å². The predicted molar refractivity (Wildman–Crippen MR) is 151 cm³/mol. The van der Waals surface area contributed by atoms with Crippen molar-refractivity contribution < 1.29 is 14.3 Å². The first-order valence-corrected chi connectivity index (χ1v) is 13.2. The van der Waals surface area contributed by atoms with Crippen LogP contribution >= 0.6 is 11.6 Å². The molecule has 0 aromatic heterocycles. The van der Waals surface area contributed by atoms with Crippen LogP contribution in [0.15, 0.2) is 103 Å². The van der Waals surface area contributed by atoms with Gasteiger partial charge in [0.25, 0.3) is 5.91 Å². The number of halogens is 1. The molecular formula is C32H31ClN2O3. The third kappa shape index (κ3) is 6.01. The number of nitrogens with zero attached hydrogens (tertiary/aromatic N) is 2. The Hall–Kier alpha value is -3.80. The molecule has 38 heavy (non-hydrogen) atoms. The summed E-state index contributed by atoms with van der Waals surface area (Å²) in [4.78, 5) is 17.9. The van der Waals surface area contributed by atoms with Crippen molar-refractivity contribution in [3.8, 4) is 11.5 Å².